The first-order valence-electron chi connectivity index (χ1n) is 6.37. The van der Waals surface area contributed by atoms with E-state index in [-0.39, 0.29) is 10.5 Å². The summed E-state index contributed by atoms with van der Waals surface area (Å²) in [6.07, 6.45) is 1.05. The fourth-order valence-corrected chi connectivity index (χ4v) is 3.35. The molecule has 6 heteroatoms. The molecule has 1 N–H and O–H groups in total. The van der Waals surface area contributed by atoms with Crippen molar-refractivity contribution in [3.8, 4) is 10.6 Å². The fourth-order valence-electron chi connectivity index (χ4n) is 1.77. The number of nitrogens with one attached hydrogen (secondary N) is 1. The van der Waals surface area contributed by atoms with E-state index < -0.39 is 11.6 Å². The van der Waals surface area contributed by atoms with Gasteiger partial charge in [0, 0.05) is 17.0 Å². The van der Waals surface area contributed by atoms with Crippen molar-refractivity contribution in [2.75, 3.05) is 6.54 Å². The average Bonchev–Trinajstić information content (AvgIpc) is 2.92. The number of halogens is 3. The average molecular weight is 361 g/mol. The topological polar surface area (TPSA) is 24.9 Å². The number of aromatic nitrogens is 1. The number of hydrogen-bond acceptors (Lipinski definition) is 3. The van der Waals surface area contributed by atoms with Gasteiger partial charge < -0.3 is 5.32 Å². The van der Waals surface area contributed by atoms with Crippen molar-refractivity contribution in [1.82, 2.24) is 10.3 Å². The molecule has 2 rings (SSSR count). The van der Waals surface area contributed by atoms with Crippen LogP contribution >= 0.6 is 27.3 Å². The third-order valence-corrected chi connectivity index (χ3v) is 4.60. The Hall–Kier alpha value is -0.850. The van der Waals surface area contributed by atoms with Gasteiger partial charge in [-0.1, -0.05) is 6.92 Å². The summed E-state index contributed by atoms with van der Waals surface area (Å²) in [5.41, 5.74) is 1.48. The van der Waals surface area contributed by atoms with Crippen LogP contribution < -0.4 is 5.32 Å². The molecule has 1 aromatic carbocycles. The molecule has 0 aliphatic carbocycles. The molecule has 0 spiro atoms. The van der Waals surface area contributed by atoms with Crippen molar-refractivity contribution in [2.24, 2.45) is 0 Å². The van der Waals surface area contributed by atoms with Crippen molar-refractivity contribution in [3.05, 3.63) is 39.3 Å². The molecule has 1 unspecified atom stereocenters. The summed E-state index contributed by atoms with van der Waals surface area (Å²) in [5, 5.41) is 5.96. The summed E-state index contributed by atoms with van der Waals surface area (Å²) in [4.78, 5) is 4.50. The van der Waals surface area contributed by atoms with Crippen molar-refractivity contribution >= 4 is 27.3 Å². The van der Waals surface area contributed by atoms with E-state index in [1.807, 2.05) is 12.3 Å². The van der Waals surface area contributed by atoms with Gasteiger partial charge >= 0.3 is 0 Å². The van der Waals surface area contributed by atoms with Crippen LogP contribution in [0, 0.1) is 11.6 Å². The molecule has 0 aliphatic rings. The van der Waals surface area contributed by atoms with Crippen molar-refractivity contribution < 1.29 is 8.78 Å². The Kier molecular flexibility index (Phi) is 5.23. The maximum absolute atomic E-state index is 13.6. The molecule has 20 heavy (non-hydrogen) atoms. The predicted octanol–water partition coefficient (Wildman–Crippen LogP) is 4.91. The first kappa shape index (κ1) is 15.5. The van der Waals surface area contributed by atoms with Gasteiger partial charge in [0.15, 0.2) is 11.6 Å². The SMILES string of the molecule is CCCNC(C)c1csc(-c2ccc(F)c(F)c2Br)n1. The second kappa shape index (κ2) is 6.74. The van der Waals surface area contributed by atoms with Gasteiger partial charge in [-0.05, 0) is 48.0 Å². The Morgan fingerprint density at radius 1 is 1.40 bits per heavy atom. The second-order valence-electron chi connectivity index (χ2n) is 4.48. The first-order valence-corrected chi connectivity index (χ1v) is 8.04. The number of benzene rings is 1. The maximum atomic E-state index is 13.6. The smallest absolute Gasteiger partial charge is 0.173 e. The molecule has 0 amide bonds. The normalized spacial score (nSPS) is 12.7. The highest BCUT2D eigenvalue weighted by atomic mass is 79.9. The minimum atomic E-state index is -0.878. The molecule has 1 heterocycles. The van der Waals surface area contributed by atoms with Crippen LogP contribution in [0.5, 0.6) is 0 Å². The maximum Gasteiger partial charge on any atom is 0.173 e. The quantitative estimate of drug-likeness (QED) is 0.766. The monoisotopic (exact) mass is 360 g/mol. The van der Waals surface area contributed by atoms with Crippen LogP contribution in [-0.4, -0.2) is 11.5 Å². The molecule has 1 aromatic heterocycles. The highest BCUT2D eigenvalue weighted by molar-refractivity contribution is 9.10. The lowest BCUT2D eigenvalue weighted by molar-refractivity contribution is 0.504. The van der Waals surface area contributed by atoms with Crippen LogP contribution in [0.4, 0.5) is 8.78 Å². The molecule has 0 saturated heterocycles. The van der Waals surface area contributed by atoms with Crippen molar-refractivity contribution in [1.29, 1.82) is 0 Å². The minimum absolute atomic E-state index is 0.118. The predicted molar refractivity (Wildman–Crippen MR) is 81.9 cm³/mol. The van der Waals surface area contributed by atoms with Crippen LogP contribution in [-0.2, 0) is 0 Å². The molecule has 0 radical (unpaired) electrons. The van der Waals surface area contributed by atoms with E-state index in [1.165, 1.54) is 17.4 Å². The standard InChI is InChI=1S/C14H15BrF2N2S/c1-3-6-18-8(2)11-7-20-14(19-11)9-4-5-10(16)13(17)12(9)15/h4-5,7-8,18H,3,6H2,1-2H3. The van der Waals surface area contributed by atoms with E-state index in [0.717, 1.165) is 24.7 Å². The van der Waals surface area contributed by atoms with E-state index in [9.17, 15) is 8.78 Å². The lowest BCUT2D eigenvalue weighted by Crippen LogP contribution is -2.19. The van der Waals surface area contributed by atoms with Gasteiger partial charge in [-0.25, -0.2) is 13.8 Å². The molecule has 2 nitrogen and oxygen atoms in total. The summed E-state index contributed by atoms with van der Waals surface area (Å²) in [6.45, 7) is 5.06. The van der Waals surface area contributed by atoms with Crippen molar-refractivity contribution in [3.63, 3.8) is 0 Å². The highest BCUT2D eigenvalue weighted by Gasteiger charge is 2.16. The zero-order valence-electron chi connectivity index (χ0n) is 11.2. The second-order valence-corrected chi connectivity index (χ2v) is 6.13. The van der Waals surface area contributed by atoms with Crippen LogP contribution in [0.15, 0.2) is 22.0 Å². The largest absolute Gasteiger partial charge is 0.309 e. The fraction of sp³-hybridized carbons (Fsp3) is 0.357. The number of rotatable bonds is 5. The molecule has 2 aromatic rings. The van der Waals surface area contributed by atoms with Crippen LogP contribution in [0.2, 0.25) is 0 Å². The molecule has 1 atom stereocenters. The third kappa shape index (κ3) is 3.24. The van der Waals surface area contributed by atoms with Crippen LogP contribution in [0.25, 0.3) is 10.6 Å². The zero-order valence-corrected chi connectivity index (χ0v) is 13.6. The zero-order chi connectivity index (χ0) is 14.7. The van der Waals surface area contributed by atoms with Crippen LogP contribution in [0.3, 0.4) is 0 Å². The molecule has 0 aliphatic heterocycles. The minimum Gasteiger partial charge on any atom is -0.309 e. The molecule has 108 valence electrons. The first-order chi connectivity index (χ1) is 9.54. The lowest BCUT2D eigenvalue weighted by atomic mass is 10.2. The molecular formula is C14H15BrF2N2S. The lowest BCUT2D eigenvalue weighted by Gasteiger charge is -2.09. The number of hydrogen-bond donors (Lipinski definition) is 1. The Morgan fingerprint density at radius 3 is 2.85 bits per heavy atom. The Bertz CT molecular complexity index is 601. The van der Waals surface area contributed by atoms with Crippen molar-refractivity contribution in [2.45, 2.75) is 26.3 Å². The van der Waals surface area contributed by atoms with Gasteiger partial charge in [0.05, 0.1) is 10.2 Å². The number of thiazole rings is 1. The van der Waals surface area contributed by atoms with Gasteiger partial charge in [-0.15, -0.1) is 11.3 Å². The summed E-state index contributed by atoms with van der Waals surface area (Å²) >= 11 is 4.51. The van der Waals surface area contributed by atoms with E-state index in [2.05, 4.69) is 33.2 Å². The van der Waals surface area contributed by atoms with Crippen LogP contribution in [0.1, 0.15) is 32.0 Å². The van der Waals surface area contributed by atoms with E-state index in [0.29, 0.717) is 10.6 Å². The molecule has 0 bridgehead atoms. The van der Waals surface area contributed by atoms with Gasteiger partial charge in [0.25, 0.3) is 0 Å². The summed E-state index contributed by atoms with van der Waals surface area (Å²) in [6, 6.07) is 2.80. The van der Waals surface area contributed by atoms with E-state index in [4.69, 9.17) is 0 Å². The Morgan fingerprint density at radius 2 is 2.15 bits per heavy atom. The van der Waals surface area contributed by atoms with E-state index >= 15 is 0 Å². The summed E-state index contributed by atoms with van der Waals surface area (Å²) < 4.78 is 26.8. The Balaban J connectivity index is 2.27. The molecule has 0 saturated carbocycles. The van der Waals surface area contributed by atoms with Gasteiger partial charge in [-0.2, -0.15) is 0 Å². The number of nitrogens with zero attached hydrogens (tertiary/aromatic N) is 1. The Labute approximate surface area is 129 Å². The highest BCUT2D eigenvalue weighted by Crippen LogP contribution is 2.34. The third-order valence-electron chi connectivity index (χ3n) is 2.93. The van der Waals surface area contributed by atoms with Gasteiger partial charge in [0.1, 0.15) is 5.01 Å². The van der Waals surface area contributed by atoms with Gasteiger partial charge in [0.2, 0.25) is 0 Å². The van der Waals surface area contributed by atoms with E-state index in [1.54, 1.807) is 0 Å². The molecule has 0 fully saturated rings. The molecular weight excluding hydrogens is 346 g/mol. The summed E-state index contributed by atoms with van der Waals surface area (Å²) in [5.74, 6) is -1.74. The summed E-state index contributed by atoms with van der Waals surface area (Å²) in [7, 11) is 0. The van der Waals surface area contributed by atoms with Gasteiger partial charge in [-0.3, -0.25) is 0 Å².